The maximum Gasteiger partial charge on any atom is 0.135 e. The van der Waals surface area contributed by atoms with Gasteiger partial charge >= 0.3 is 0 Å². The average Bonchev–Trinajstić information content (AvgIpc) is 3.65. The standard InChI is InChI=1S/C50H32N4O/c1-2-14-49-47(13-1)48-26-37(15-16-50(48)55-49)42-22-40(33-7-3-9-35(19-33)43-24-45(31-53-29-43)38-11-5-17-51-27-38)21-41(23-42)34-8-4-10-36(20-34)44-25-46(32-54-30-44)39-12-6-18-52-28-39/h1-32H. The van der Waals surface area contributed by atoms with Crippen LogP contribution in [-0.4, -0.2) is 19.9 Å². The Labute approximate surface area is 318 Å². The predicted molar refractivity (Wildman–Crippen MR) is 223 cm³/mol. The summed E-state index contributed by atoms with van der Waals surface area (Å²) < 4.78 is 6.20. The van der Waals surface area contributed by atoms with Crippen LogP contribution in [0, 0.1) is 0 Å². The molecule has 10 aromatic rings. The van der Waals surface area contributed by atoms with Crippen molar-refractivity contribution in [3.63, 3.8) is 0 Å². The van der Waals surface area contributed by atoms with Gasteiger partial charge in [-0.1, -0.05) is 72.8 Å². The Balaban J connectivity index is 1.10. The molecule has 5 aromatic carbocycles. The molecule has 0 N–H and O–H groups in total. The molecule has 10 rings (SSSR count). The molecule has 0 aliphatic carbocycles. The van der Waals surface area contributed by atoms with Gasteiger partial charge in [-0.3, -0.25) is 19.9 Å². The lowest BCUT2D eigenvalue weighted by Gasteiger charge is -2.14. The monoisotopic (exact) mass is 704 g/mol. The van der Waals surface area contributed by atoms with Gasteiger partial charge < -0.3 is 4.42 Å². The highest BCUT2D eigenvalue weighted by Gasteiger charge is 2.13. The zero-order valence-corrected chi connectivity index (χ0v) is 29.7. The zero-order chi connectivity index (χ0) is 36.6. The number of pyridine rings is 4. The fourth-order valence-electron chi connectivity index (χ4n) is 7.37. The maximum atomic E-state index is 6.20. The first-order valence-corrected chi connectivity index (χ1v) is 18.2. The lowest BCUT2D eigenvalue weighted by atomic mass is 9.91. The Morgan fingerprint density at radius 2 is 0.655 bits per heavy atom. The molecule has 55 heavy (non-hydrogen) atoms. The van der Waals surface area contributed by atoms with Crippen molar-refractivity contribution in [2.75, 3.05) is 0 Å². The van der Waals surface area contributed by atoms with Crippen LogP contribution in [0.4, 0.5) is 0 Å². The Bertz CT molecular complexity index is 2850. The van der Waals surface area contributed by atoms with Crippen LogP contribution >= 0.6 is 0 Å². The van der Waals surface area contributed by atoms with Crippen molar-refractivity contribution in [2.24, 2.45) is 0 Å². The normalized spacial score (nSPS) is 11.3. The van der Waals surface area contributed by atoms with Crippen molar-refractivity contribution in [2.45, 2.75) is 0 Å². The number of hydrogen-bond donors (Lipinski definition) is 0. The van der Waals surface area contributed by atoms with Crippen LogP contribution < -0.4 is 0 Å². The molecule has 0 aliphatic heterocycles. The number of fused-ring (bicyclic) bond motifs is 3. The van der Waals surface area contributed by atoms with E-state index in [4.69, 9.17) is 4.42 Å². The first kappa shape index (κ1) is 32.2. The number of rotatable bonds is 7. The number of furan rings is 1. The van der Waals surface area contributed by atoms with Crippen molar-refractivity contribution < 1.29 is 4.42 Å². The first-order valence-electron chi connectivity index (χ1n) is 18.2. The molecule has 0 aliphatic rings. The molecular formula is C50H32N4O. The van der Waals surface area contributed by atoms with Gasteiger partial charge in [0.2, 0.25) is 0 Å². The van der Waals surface area contributed by atoms with Gasteiger partial charge in [-0.25, -0.2) is 0 Å². The van der Waals surface area contributed by atoms with Gasteiger partial charge in [-0.15, -0.1) is 0 Å². The lowest BCUT2D eigenvalue weighted by Crippen LogP contribution is -1.89. The summed E-state index contributed by atoms with van der Waals surface area (Å²) in [5.74, 6) is 0. The summed E-state index contributed by atoms with van der Waals surface area (Å²) >= 11 is 0. The second-order valence-electron chi connectivity index (χ2n) is 13.7. The quantitative estimate of drug-likeness (QED) is 0.165. The van der Waals surface area contributed by atoms with Crippen molar-refractivity contribution in [3.05, 3.63) is 195 Å². The lowest BCUT2D eigenvalue weighted by molar-refractivity contribution is 0.669. The van der Waals surface area contributed by atoms with Gasteiger partial charge in [0.1, 0.15) is 11.2 Å². The molecule has 0 atom stereocenters. The summed E-state index contributed by atoms with van der Waals surface area (Å²) in [6.45, 7) is 0. The minimum atomic E-state index is 0.881. The van der Waals surface area contributed by atoms with Crippen LogP contribution in [0.1, 0.15) is 0 Å². The van der Waals surface area contributed by atoms with E-state index < -0.39 is 0 Å². The Kier molecular flexibility index (Phi) is 8.08. The molecule has 0 fully saturated rings. The fraction of sp³-hybridized carbons (Fsp3) is 0. The minimum Gasteiger partial charge on any atom is -0.456 e. The molecule has 5 heterocycles. The van der Waals surface area contributed by atoms with Crippen LogP contribution in [0.3, 0.4) is 0 Å². The predicted octanol–water partition coefficient (Wildman–Crippen LogP) is 12.8. The van der Waals surface area contributed by atoms with Gasteiger partial charge in [0.25, 0.3) is 0 Å². The Hall–Kier alpha value is -7.50. The van der Waals surface area contributed by atoms with E-state index in [0.29, 0.717) is 0 Å². The van der Waals surface area contributed by atoms with E-state index in [9.17, 15) is 0 Å². The fourth-order valence-corrected chi connectivity index (χ4v) is 7.37. The molecule has 0 radical (unpaired) electrons. The van der Waals surface area contributed by atoms with E-state index >= 15 is 0 Å². The van der Waals surface area contributed by atoms with E-state index in [1.165, 1.54) is 0 Å². The van der Waals surface area contributed by atoms with Crippen molar-refractivity contribution >= 4 is 21.9 Å². The summed E-state index contributed by atoms with van der Waals surface area (Å²) in [6.07, 6.45) is 14.9. The number of para-hydroxylation sites is 1. The Morgan fingerprint density at radius 3 is 1.18 bits per heavy atom. The van der Waals surface area contributed by atoms with Crippen molar-refractivity contribution in [1.82, 2.24) is 19.9 Å². The van der Waals surface area contributed by atoms with E-state index in [0.717, 1.165) is 99.8 Å². The molecule has 0 spiro atoms. The Morgan fingerprint density at radius 1 is 0.255 bits per heavy atom. The van der Waals surface area contributed by atoms with E-state index in [-0.39, 0.29) is 0 Å². The number of nitrogens with zero attached hydrogens (tertiary/aromatic N) is 4. The molecule has 5 heteroatoms. The molecule has 0 saturated heterocycles. The van der Waals surface area contributed by atoms with Crippen LogP contribution in [0.5, 0.6) is 0 Å². The summed E-state index contributed by atoms with van der Waals surface area (Å²) in [7, 11) is 0. The highest BCUT2D eigenvalue weighted by Crippen LogP contribution is 2.38. The summed E-state index contributed by atoms with van der Waals surface area (Å²) in [5, 5.41) is 2.21. The average molecular weight is 705 g/mol. The van der Waals surface area contributed by atoms with Crippen LogP contribution in [0.2, 0.25) is 0 Å². The first-order chi connectivity index (χ1) is 27.2. The molecule has 258 valence electrons. The molecule has 0 unspecified atom stereocenters. The topological polar surface area (TPSA) is 64.7 Å². The number of benzene rings is 5. The third kappa shape index (κ3) is 6.34. The molecular weight excluding hydrogens is 673 g/mol. The number of hydrogen-bond acceptors (Lipinski definition) is 5. The second kappa shape index (κ2) is 13.8. The summed E-state index contributed by atoms with van der Waals surface area (Å²) in [5.41, 5.74) is 16.9. The van der Waals surface area contributed by atoms with Crippen LogP contribution in [-0.2, 0) is 0 Å². The van der Waals surface area contributed by atoms with Gasteiger partial charge in [-0.05, 0) is 117 Å². The SMILES string of the molecule is c1cncc(-c2cncc(-c3cccc(-c4cc(-c5cccc(-c6cncc(-c7cccnc7)c6)c5)cc(-c5ccc6oc7ccccc7c6c5)c4)c3)c2)c1. The van der Waals surface area contributed by atoms with Gasteiger partial charge in [0, 0.05) is 93.7 Å². The van der Waals surface area contributed by atoms with E-state index in [1.54, 1.807) is 12.4 Å². The number of aromatic nitrogens is 4. The van der Waals surface area contributed by atoms with E-state index in [2.05, 4.69) is 141 Å². The highest BCUT2D eigenvalue weighted by molar-refractivity contribution is 6.06. The molecule has 5 nitrogen and oxygen atoms in total. The van der Waals surface area contributed by atoms with Gasteiger partial charge in [-0.2, -0.15) is 0 Å². The summed E-state index contributed by atoms with van der Waals surface area (Å²) in [4.78, 5) is 17.8. The molecule has 5 aromatic heterocycles. The van der Waals surface area contributed by atoms with E-state index in [1.807, 2.05) is 61.4 Å². The van der Waals surface area contributed by atoms with Crippen molar-refractivity contribution in [3.8, 4) is 77.9 Å². The van der Waals surface area contributed by atoms with Gasteiger partial charge in [0.05, 0.1) is 0 Å². The third-order valence-corrected chi connectivity index (χ3v) is 10.2. The summed E-state index contributed by atoms with van der Waals surface area (Å²) in [6, 6.07) is 51.4. The molecule has 0 saturated carbocycles. The maximum absolute atomic E-state index is 6.20. The molecule has 0 bridgehead atoms. The highest BCUT2D eigenvalue weighted by atomic mass is 16.3. The van der Waals surface area contributed by atoms with Crippen LogP contribution in [0.25, 0.3) is 99.8 Å². The van der Waals surface area contributed by atoms with Crippen molar-refractivity contribution in [1.29, 1.82) is 0 Å². The van der Waals surface area contributed by atoms with Crippen LogP contribution in [0.15, 0.2) is 200 Å². The van der Waals surface area contributed by atoms with Gasteiger partial charge in [0.15, 0.2) is 0 Å². The smallest absolute Gasteiger partial charge is 0.135 e. The molecule has 0 amide bonds. The zero-order valence-electron chi connectivity index (χ0n) is 29.7. The third-order valence-electron chi connectivity index (χ3n) is 10.2. The minimum absolute atomic E-state index is 0.881. The largest absolute Gasteiger partial charge is 0.456 e. The second-order valence-corrected chi connectivity index (χ2v) is 13.7.